The molecule has 8 nitrogen and oxygen atoms in total. The molecular formula is C12H13FN2O6. The molecule has 2 rings (SSSR count). The van der Waals surface area contributed by atoms with Gasteiger partial charge in [0.15, 0.2) is 0 Å². The van der Waals surface area contributed by atoms with Crippen LogP contribution < -0.4 is 4.90 Å². The normalized spacial score (nSPS) is 18.6. The summed E-state index contributed by atoms with van der Waals surface area (Å²) < 4.78 is 18.8. The van der Waals surface area contributed by atoms with E-state index >= 15 is 0 Å². The molecule has 1 aliphatic heterocycles. The highest BCUT2D eigenvalue weighted by molar-refractivity contribution is 5.90. The van der Waals surface area contributed by atoms with Gasteiger partial charge in [-0.25, -0.2) is 9.18 Å². The molecule has 1 aromatic carbocycles. The van der Waals surface area contributed by atoms with E-state index in [2.05, 4.69) is 0 Å². The van der Waals surface area contributed by atoms with Gasteiger partial charge < -0.3 is 19.8 Å². The SMILES string of the molecule is O=C(O)c1cc(N2CCOC(CO)C2)c([N+](=O)[O-])cc1F. The Morgan fingerprint density at radius 2 is 2.29 bits per heavy atom. The fraction of sp³-hybridized carbons (Fsp3) is 0.417. The molecule has 1 fully saturated rings. The summed E-state index contributed by atoms with van der Waals surface area (Å²) in [6.07, 6.45) is -0.531. The summed E-state index contributed by atoms with van der Waals surface area (Å²) in [6.45, 7) is 0.392. The van der Waals surface area contributed by atoms with Crippen LogP contribution in [0.4, 0.5) is 15.8 Å². The van der Waals surface area contributed by atoms with Crippen LogP contribution in [0.5, 0.6) is 0 Å². The number of hydrogen-bond donors (Lipinski definition) is 2. The summed E-state index contributed by atoms with van der Waals surface area (Å²) in [4.78, 5) is 22.7. The number of anilines is 1. The van der Waals surface area contributed by atoms with Gasteiger partial charge in [-0.05, 0) is 6.07 Å². The minimum atomic E-state index is -1.50. The van der Waals surface area contributed by atoms with Crippen LogP contribution in [0.2, 0.25) is 0 Å². The maximum absolute atomic E-state index is 13.6. The van der Waals surface area contributed by atoms with Crippen LogP contribution in [-0.4, -0.2) is 53.5 Å². The fourth-order valence-electron chi connectivity index (χ4n) is 2.16. The molecule has 1 aliphatic rings. The van der Waals surface area contributed by atoms with E-state index in [-0.39, 0.29) is 32.0 Å². The predicted octanol–water partition coefficient (Wildman–Crippen LogP) is 0.630. The Morgan fingerprint density at radius 3 is 2.86 bits per heavy atom. The quantitative estimate of drug-likeness (QED) is 0.619. The van der Waals surface area contributed by atoms with Gasteiger partial charge >= 0.3 is 5.97 Å². The second kappa shape index (κ2) is 6.02. The lowest BCUT2D eigenvalue weighted by Crippen LogP contribution is -2.44. The molecule has 1 saturated heterocycles. The fourth-order valence-corrected chi connectivity index (χ4v) is 2.16. The van der Waals surface area contributed by atoms with Gasteiger partial charge in [-0.3, -0.25) is 10.1 Å². The summed E-state index contributed by atoms with van der Waals surface area (Å²) in [6, 6.07) is 1.54. The number of hydrogen-bond acceptors (Lipinski definition) is 6. The highest BCUT2D eigenvalue weighted by Gasteiger charge is 2.28. The van der Waals surface area contributed by atoms with Gasteiger partial charge in [0, 0.05) is 13.1 Å². The monoisotopic (exact) mass is 300 g/mol. The lowest BCUT2D eigenvalue weighted by molar-refractivity contribution is -0.384. The van der Waals surface area contributed by atoms with E-state index in [1.54, 1.807) is 0 Å². The van der Waals surface area contributed by atoms with E-state index in [9.17, 15) is 19.3 Å². The van der Waals surface area contributed by atoms with Gasteiger partial charge in [-0.15, -0.1) is 0 Å². The molecule has 1 aromatic rings. The van der Waals surface area contributed by atoms with Crippen LogP contribution in [0.1, 0.15) is 10.4 Å². The second-order valence-corrected chi connectivity index (χ2v) is 4.50. The molecule has 0 amide bonds. The van der Waals surface area contributed by atoms with E-state index in [1.807, 2.05) is 0 Å². The van der Waals surface area contributed by atoms with E-state index in [0.717, 1.165) is 6.07 Å². The molecule has 0 aromatic heterocycles. The molecule has 0 radical (unpaired) electrons. The Morgan fingerprint density at radius 1 is 1.57 bits per heavy atom. The Kier molecular flexibility index (Phi) is 4.34. The first kappa shape index (κ1) is 15.1. The number of rotatable bonds is 4. The van der Waals surface area contributed by atoms with Crippen molar-refractivity contribution in [1.82, 2.24) is 0 Å². The van der Waals surface area contributed by atoms with Crippen LogP contribution in [0, 0.1) is 15.9 Å². The number of morpholine rings is 1. The van der Waals surface area contributed by atoms with Gasteiger partial charge in [-0.1, -0.05) is 0 Å². The average molecular weight is 300 g/mol. The van der Waals surface area contributed by atoms with E-state index in [0.29, 0.717) is 6.07 Å². The lowest BCUT2D eigenvalue weighted by Gasteiger charge is -2.33. The smallest absolute Gasteiger partial charge is 0.338 e. The Labute approximate surface area is 118 Å². The third kappa shape index (κ3) is 3.09. The van der Waals surface area contributed by atoms with Crippen molar-refractivity contribution >= 4 is 17.3 Å². The summed E-state index contributed by atoms with van der Waals surface area (Å²) in [5.74, 6) is -2.67. The van der Waals surface area contributed by atoms with E-state index in [4.69, 9.17) is 14.9 Å². The van der Waals surface area contributed by atoms with Crippen molar-refractivity contribution in [2.24, 2.45) is 0 Å². The molecule has 0 spiro atoms. The largest absolute Gasteiger partial charge is 0.478 e. The minimum Gasteiger partial charge on any atom is -0.478 e. The number of nitrogens with zero attached hydrogens (tertiary/aromatic N) is 2. The van der Waals surface area contributed by atoms with Crippen LogP contribution in [0.15, 0.2) is 12.1 Å². The second-order valence-electron chi connectivity index (χ2n) is 4.50. The van der Waals surface area contributed by atoms with E-state index < -0.39 is 34.1 Å². The third-order valence-electron chi connectivity index (χ3n) is 3.17. The van der Waals surface area contributed by atoms with Crippen molar-refractivity contribution in [2.75, 3.05) is 31.2 Å². The van der Waals surface area contributed by atoms with Gasteiger partial charge in [0.2, 0.25) is 0 Å². The first-order valence-corrected chi connectivity index (χ1v) is 6.12. The maximum atomic E-state index is 13.6. The van der Waals surface area contributed by atoms with Crippen LogP contribution in [0.25, 0.3) is 0 Å². The van der Waals surface area contributed by atoms with Crippen molar-refractivity contribution in [3.05, 3.63) is 33.6 Å². The topological polar surface area (TPSA) is 113 Å². The highest BCUT2D eigenvalue weighted by Crippen LogP contribution is 2.32. The molecule has 0 saturated carbocycles. The number of aliphatic hydroxyl groups is 1. The molecular weight excluding hydrogens is 287 g/mol. The van der Waals surface area contributed by atoms with Gasteiger partial charge in [0.1, 0.15) is 11.5 Å². The van der Waals surface area contributed by atoms with Crippen molar-refractivity contribution < 1.29 is 29.1 Å². The third-order valence-corrected chi connectivity index (χ3v) is 3.17. The zero-order valence-corrected chi connectivity index (χ0v) is 10.9. The average Bonchev–Trinajstić information content (AvgIpc) is 2.46. The summed E-state index contributed by atoms with van der Waals surface area (Å²) in [7, 11) is 0. The van der Waals surface area contributed by atoms with Crippen molar-refractivity contribution in [2.45, 2.75) is 6.10 Å². The maximum Gasteiger partial charge on any atom is 0.338 e. The number of nitro benzene ring substituents is 1. The lowest BCUT2D eigenvalue weighted by atomic mass is 10.1. The number of carboxylic acids is 1. The zero-order valence-electron chi connectivity index (χ0n) is 10.9. The van der Waals surface area contributed by atoms with Crippen LogP contribution >= 0.6 is 0 Å². The molecule has 1 atom stereocenters. The van der Waals surface area contributed by atoms with Crippen molar-refractivity contribution in [3.63, 3.8) is 0 Å². The number of aliphatic hydroxyl groups excluding tert-OH is 1. The molecule has 2 N–H and O–H groups in total. The minimum absolute atomic E-state index is 0.000509. The zero-order chi connectivity index (χ0) is 15.6. The first-order valence-electron chi connectivity index (χ1n) is 6.12. The standard InChI is InChI=1S/C12H13FN2O6/c13-9-4-11(15(19)20)10(3-8(9)12(17)18)14-1-2-21-7(5-14)6-16/h3-4,7,16H,1-2,5-6H2,(H,17,18). The summed E-state index contributed by atoms with van der Waals surface area (Å²) >= 11 is 0. The molecule has 0 aliphatic carbocycles. The Bertz CT molecular complexity index is 579. The van der Waals surface area contributed by atoms with Crippen molar-refractivity contribution in [1.29, 1.82) is 0 Å². The highest BCUT2D eigenvalue weighted by atomic mass is 19.1. The number of nitro groups is 1. The molecule has 114 valence electrons. The number of carbonyl (C=O) groups is 1. The van der Waals surface area contributed by atoms with Crippen LogP contribution in [-0.2, 0) is 4.74 Å². The molecule has 1 unspecified atom stereocenters. The Hall–Kier alpha value is -2.26. The number of aromatic carboxylic acids is 1. The van der Waals surface area contributed by atoms with Gasteiger partial charge in [-0.2, -0.15) is 0 Å². The number of ether oxygens (including phenoxy) is 1. The van der Waals surface area contributed by atoms with Crippen molar-refractivity contribution in [3.8, 4) is 0 Å². The summed E-state index contributed by atoms with van der Waals surface area (Å²) in [5, 5.41) is 29.0. The van der Waals surface area contributed by atoms with Gasteiger partial charge in [0.25, 0.3) is 5.69 Å². The Balaban J connectivity index is 2.46. The van der Waals surface area contributed by atoms with Crippen LogP contribution in [0.3, 0.4) is 0 Å². The molecule has 21 heavy (non-hydrogen) atoms. The number of halogens is 1. The van der Waals surface area contributed by atoms with E-state index in [1.165, 1.54) is 4.90 Å². The summed E-state index contributed by atoms with van der Waals surface area (Å²) in [5.41, 5.74) is -1.15. The number of benzene rings is 1. The first-order chi connectivity index (χ1) is 9.93. The molecule has 9 heteroatoms. The molecule has 0 bridgehead atoms. The van der Waals surface area contributed by atoms with Gasteiger partial charge in [0.05, 0.1) is 35.9 Å². The predicted molar refractivity (Wildman–Crippen MR) is 69.1 cm³/mol. The molecule has 1 heterocycles. The number of carboxylic acid groups (broad SMARTS) is 1.